The summed E-state index contributed by atoms with van der Waals surface area (Å²) in [5.41, 5.74) is 1.09. The van der Waals surface area contributed by atoms with Gasteiger partial charge in [-0.2, -0.15) is 4.68 Å². The first-order valence-corrected chi connectivity index (χ1v) is 15.1. The maximum Gasteiger partial charge on any atom is 0.261 e. The molecule has 5 aromatic rings. The molecule has 15 heteroatoms. The number of carbonyl (C=O) groups is 1. The van der Waals surface area contributed by atoms with Gasteiger partial charge in [0, 0.05) is 23.4 Å². The molecule has 0 aliphatic carbocycles. The van der Waals surface area contributed by atoms with Gasteiger partial charge in [-0.3, -0.25) is 4.79 Å². The van der Waals surface area contributed by atoms with Crippen LogP contribution in [0, 0.1) is 29.1 Å². The van der Waals surface area contributed by atoms with E-state index in [-0.39, 0.29) is 12.3 Å². The molecule has 0 radical (unpaired) electrons. The van der Waals surface area contributed by atoms with Crippen LogP contribution in [0.3, 0.4) is 0 Å². The van der Waals surface area contributed by atoms with Gasteiger partial charge in [0.05, 0.1) is 24.5 Å². The van der Waals surface area contributed by atoms with Crippen molar-refractivity contribution in [1.29, 1.82) is 0 Å². The van der Waals surface area contributed by atoms with Crippen molar-refractivity contribution in [1.82, 2.24) is 20.2 Å². The predicted molar refractivity (Wildman–Crippen MR) is 159 cm³/mol. The number of ether oxygens (including phenoxy) is 2. The van der Waals surface area contributed by atoms with Crippen molar-refractivity contribution < 1.29 is 41.3 Å². The van der Waals surface area contributed by atoms with Gasteiger partial charge >= 0.3 is 0 Å². The third kappa shape index (κ3) is 6.88. The predicted octanol–water partition coefficient (Wildman–Crippen LogP) is 6.44. The lowest BCUT2D eigenvalue weighted by Gasteiger charge is -2.36. The van der Waals surface area contributed by atoms with Crippen LogP contribution in [-0.2, 0) is 16.1 Å². The van der Waals surface area contributed by atoms with Gasteiger partial charge in [0.15, 0.2) is 29.6 Å². The highest BCUT2D eigenvalue weighted by atomic mass is 32.2. The van der Waals surface area contributed by atoms with E-state index >= 15 is 0 Å². The van der Waals surface area contributed by atoms with Crippen LogP contribution in [-0.4, -0.2) is 43.1 Å². The molecule has 1 aliphatic heterocycles. The summed E-state index contributed by atoms with van der Waals surface area (Å²) in [5.74, 6) is -12.4. The number of hydrogen-bond donors (Lipinski definition) is 2. The highest BCUT2D eigenvalue weighted by molar-refractivity contribution is 7.99. The van der Waals surface area contributed by atoms with E-state index in [0.717, 1.165) is 16.8 Å². The van der Waals surface area contributed by atoms with Gasteiger partial charge in [-0.05, 0) is 45.8 Å². The number of aromatic nitrogens is 4. The standard InChI is InChI=1S/C32H24F5N5O4S/c33-25-24(26(34)28(36)29(37)27(25)35)30(44)38-20-6-4-5-19(13-20)31-45-22(14-23(46-31)18-11-9-17(15-43)10-12-18)16-47-32-39-40-41-42(32)21-7-2-1-3-8-21/h1-13,22-23,31,43H,14-16H2,(H,38,44)/t22-,23+,31+/m0/s1. The molecule has 242 valence electrons. The molecule has 4 aromatic carbocycles. The molecule has 0 bridgehead atoms. The second-order valence-corrected chi connectivity index (χ2v) is 11.4. The second kappa shape index (κ2) is 14.0. The Balaban J connectivity index is 1.24. The number of para-hydroxylation sites is 1. The van der Waals surface area contributed by atoms with E-state index in [2.05, 4.69) is 20.8 Å². The number of aliphatic hydroxyl groups is 1. The van der Waals surface area contributed by atoms with E-state index in [1.54, 1.807) is 22.9 Å². The number of carbonyl (C=O) groups excluding carboxylic acids is 1. The smallest absolute Gasteiger partial charge is 0.261 e. The fourth-order valence-electron chi connectivity index (χ4n) is 4.95. The number of rotatable bonds is 9. The number of amides is 1. The Hall–Kier alpha value is -4.70. The van der Waals surface area contributed by atoms with E-state index in [0.29, 0.717) is 22.9 Å². The van der Waals surface area contributed by atoms with Crippen LogP contribution in [0.5, 0.6) is 0 Å². The lowest BCUT2D eigenvalue weighted by molar-refractivity contribution is -0.245. The van der Waals surface area contributed by atoms with Crippen molar-refractivity contribution in [2.75, 3.05) is 11.1 Å². The van der Waals surface area contributed by atoms with Crippen LogP contribution >= 0.6 is 11.8 Å². The summed E-state index contributed by atoms with van der Waals surface area (Å²) < 4.78 is 83.7. The second-order valence-electron chi connectivity index (χ2n) is 10.4. The van der Waals surface area contributed by atoms with Gasteiger partial charge in [0.2, 0.25) is 11.0 Å². The number of benzene rings is 4. The summed E-state index contributed by atoms with van der Waals surface area (Å²) in [6.45, 7) is -0.129. The van der Waals surface area contributed by atoms with Crippen molar-refractivity contribution in [3.63, 3.8) is 0 Å². The van der Waals surface area contributed by atoms with Crippen molar-refractivity contribution in [2.24, 2.45) is 0 Å². The molecule has 9 nitrogen and oxygen atoms in total. The van der Waals surface area contributed by atoms with Crippen LogP contribution < -0.4 is 5.32 Å². The van der Waals surface area contributed by atoms with Crippen molar-refractivity contribution in [2.45, 2.75) is 36.7 Å². The largest absolute Gasteiger partial charge is 0.392 e. The molecule has 1 aromatic heterocycles. The minimum atomic E-state index is -2.37. The van der Waals surface area contributed by atoms with Gasteiger partial charge in [0.25, 0.3) is 5.91 Å². The van der Waals surface area contributed by atoms with Crippen LogP contribution in [0.15, 0.2) is 84.0 Å². The molecule has 3 atom stereocenters. The van der Waals surface area contributed by atoms with Crippen molar-refractivity contribution >= 4 is 23.4 Å². The monoisotopic (exact) mass is 669 g/mol. The summed E-state index contributed by atoms with van der Waals surface area (Å²) >= 11 is 1.37. The van der Waals surface area contributed by atoms with Gasteiger partial charge in [0.1, 0.15) is 5.56 Å². The third-order valence-corrected chi connectivity index (χ3v) is 8.36. The summed E-state index contributed by atoms with van der Waals surface area (Å²) in [5, 5.41) is 24.2. The molecule has 2 heterocycles. The molecule has 47 heavy (non-hydrogen) atoms. The van der Waals surface area contributed by atoms with E-state index < -0.39 is 59.1 Å². The first kappa shape index (κ1) is 32.2. The van der Waals surface area contributed by atoms with E-state index in [9.17, 15) is 31.9 Å². The summed E-state index contributed by atoms with van der Waals surface area (Å²) in [6, 6.07) is 22.5. The zero-order valence-corrected chi connectivity index (χ0v) is 24.9. The summed E-state index contributed by atoms with van der Waals surface area (Å²) in [4.78, 5) is 12.7. The number of anilines is 1. The Kier molecular flexibility index (Phi) is 9.58. The lowest BCUT2D eigenvalue weighted by atomic mass is 10.0. The minimum Gasteiger partial charge on any atom is -0.392 e. The molecular weight excluding hydrogens is 645 g/mol. The molecule has 0 unspecified atom stereocenters. The fourth-order valence-corrected chi connectivity index (χ4v) is 5.86. The molecule has 6 rings (SSSR count). The number of aliphatic hydroxyl groups excluding tert-OH is 1. The van der Waals surface area contributed by atoms with Crippen LogP contribution in [0.2, 0.25) is 0 Å². The Bertz CT molecular complexity index is 1870. The van der Waals surface area contributed by atoms with Gasteiger partial charge in [-0.1, -0.05) is 66.4 Å². The van der Waals surface area contributed by atoms with E-state index in [4.69, 9.17) is 9.47 Å². The first-order chi connectivity index (χ1) is 22.7. The number of nitrogens with one attached hydrogen (secondary N) is 1. The number of tetrazole rings is 1. The molecule has 1 fully saturated rings. The number of hydrogen-bond acceptors (Lipinski definition) is 8. The molecular formula is C32H24F5N5O4S. The van der Waals surface area contributed by atoms with Crippen molar-refractivity contribution in [3.8, 4) is 5.69 Å². The fraction of sp³-hybridized carbons (Fsp3) is 0.188. The molecule has 0 saturated carbocycles. The lowest BCUT2D eigenvalue weighted by Crippen LogP contribution is -2.31. The van der Waals surface area contributed by atoms with Crippen LogP contribution in [0.25, 0.3) is 5.69 Å². The minimum absolute atomic E-state index is 0.00831. The quantitative estimate of drug-likeness (QED) is 0.0799. The van der Waals surface area contributed by atoms with Gasteiger partial charge in [-0.25, -0.2) is 22.0 Å². The number of halogens is 5. The maximum absolute atomic E-state index is 14.3. The molecule has 2 N–H and O–H groups in total. The normalized spacial score (nSPS) is 17.9. The Morgan fingerprint density at radius 1 is 0.872 bits per heavy atom. The first-order valence-electron chi connectivity index (χ1n) is 14.1. The Morgan fingerprint density at radius 2 is 1.57 bits per heavy atom. The number of nitrogens with zero attached hydrogens (tertiary/aromatic N) is 4. The third-order valence-electron chi connectivity index (χ3n) is 7.31. The molecule has 1 aliphatic rings. The zero-order chi connectivity index (χ0) is 33.1. The van der Waals surface area contributed by atoms with E-state index in [1.807, 2.05) is 42.5 Å². The van der Waals surface area contributed by atoms with E-state index in [1.165, 1.54) is 30.0 Å². The van der Waals surface area contributed by atoms with Crippen LogP contribution in [0.4, 0.5) is 27.6 Å². The maximum atomic E-state index is 14.3. The topological polar surface area (TPSA) is 111 Å². The summed E-state index contributed by atoms with van der Waals surface area (Å²) in [6.07, 6.45) is -1.43. The average Bonchev–Trinajstić information content (AvgIpc) is 3.58. The molecule has 1 saturated heterocycles. The Labute approximate surface area is 268 Å². The highest BCUT2D eigenvalue weighted by Gasteiger charge is 2.34. The average molecular weight is 670 g/mol. The van der Waals surface area contributed by atoms with Crippen molar-refractivity contribution in [3.05, 3.63) is 130 Å². The number of thioether (sulfide) groups is 1. The highest BCUT2D eigenvalue weighted by Crippen LogP contribution is 2.40. The Morgan fingerprint density at radius 3 is 2.28 bits per heavy atom. The zero-order valence-electron chi connectivity index (χ0n) is 24.1. The summed E-state index contributed by atoms with van der Waals surface area (Å²) in [7, 11) is 0. The molecule has 0 spiro atoms. The van der Waals surface area contributed by atoms with Crippen LogP contribution in [0.1, 0.15) is 45.9 Å². The van der Waals surface area contributed by atoms with Gasteiger partial charge < -0.3 is 19.9 Å². The molecule has 1 amide bonds. The SMILES string of the molecule is O=C(Nc1cccc([C@@H]2O[C@H](CSc3nnnn3-c3ccccc3)C[C@H](c3ccc(CO)cc3)O2)c1)c1c(F)c(F)c(F)c(F)c1F. The van der Waals surface area contributed by atoms with Gasteiger partial charge in [-0.15, -0.1) is 5.10 Å².